The van der Waals surface area contributed by atoms with Crippen molar-refractivity contribution >= 4 is 0 Å². The van der Waals surface area contributed by atoms with Crippen LogP contribution in [0.4, 0.5) is 0 Å². The van der Waals surface area contributed by atoms with Crippen LogP contribution in [0.5, 0.6) is 0 Å². The molecule has 1 radical (unpaired) electrons. The summed E-state index contributed by atoms with van der Waals surface area (Å²) in [6, 6.07) is 0. The molecule has 0 aliphatic carbocycles. The molecule has 165 valence electrons. The zero-order valence-corrected chi connectivity index (χ0v) is 16.9. The molecule has 18 nitrogen and oxygen atoms in total. The number of hydrogen-bond donors (Lipinski definition) is 0. The summed E-state index contributed by atoms with van der Waals surface area (Å²) in [5.41, 5.74) is 0. The molecule has 0 aromatic heterocycles. The van der Waals surface area contributed by atoms with Crippen LogP contribution in [0.3, 0.4) is 0 Å². The van der Waals surface area contributed by atoms with Gasteiger partial charge in [0.2, 0.25) is 0 Å². The molecule has 0 aromatic rings. The summed E-state index contributed by atoms with van der Waals surface area (Å²) in [6.45, 7) is 0. The molecule has 0 rings (SSSR count). The average Bonchev–Trinajstić information content (AvgIpc) is 2.08. The third kappa shape index (κ3) is 5160. The van der Waals surface area contributed by atoms with E-state index in [-0.39, 0.29) is 20.1 Å². The Hall–Kier alpha value is 1.67. The van der Waals surface area contributed by atoms with E-state index in [0.717, 1.165) is 0 Å². The number of halogens is 6. The van der Waals surface area contributed by atoms with Crippen molar-refractivity contribution in [2.75, 3.05) is 0 Å². The van der Waals surface area contributed by atoms with Gasteiger partial charge in [-0.05, 0) is 0 Å². The number of rotatable bonds is 0. The van der Waals surface area contributed by atoms with Crippen LogP contribution in [-0.4, -0.2) is 0 Å². The molecule has 25 heavy (non-hydrogen) atoms. The van der Waals surface area contributed by atoms with Gasteiger partial charge in [0.05, 0.1) is 64.7 Å². The van der Waals surface area contributed by atoms with Crippen molar-refractivity contribution in [3.8, 4) is 0 Å². The second-order valence-electron chi connectivity index (χ2n) is 1.13. The first-order valence-electron chi connectivity index (χ1n) is 2.78. The summed E-state index contributed by atoms with van der Waals surface area (Å²) in [5.74, 6) is 0. The third-order valence-corrected chi connectivity index (χ3v) is 0. The van der Waals surface area contributed by atoms with Crippen molar-refractivity contribution in [1.29, 1.82) is 0 Å². The molecule has 0 N–H and O–H groups in total. The van der Waals surface area contributed by atoms with E-state index in [2.05, 4.69) is 0 Å². The van der Waals surface area contributed by atoms with Gasteiger partial charge in [-0.3, -0.25) is 0 Å². The second kappa shape index (κ2) is 40.4. The van der Waals surface area contributed by atoms with Crippen molar-refractivity contribution in [2.24, 2.45) is 0 Å². The molecule has 0 aromatic carbocycles. The maximum atomic E-state index is 8.41. The molecule has 0 fully saturated rings. The van der Waals surface area contributed by atoms with E-state index in [4.69, 9.17) is 83.9 Å². The standard InChI is InChI=1S/6ClO3.Ir/c6*2-1(3)4;/q6*-1;. The summed E-state index contributed by atoms with van der Waals surface area (Å²) in [4.78, 5) is 0. The van der Waals surface area contributed by atoms with Gasteiger partial charge in [0.15, 0.2) is 0 Å². The minimum Gasteiger partial charge on any atom is -0.357 e. The molecule has 0 heterocycles. The van der Waals surface area contributed by atoms with Crippen LogP contribution in [0.2, 0.25) is 0 Å². The molecule has 0 saturated heterocycles. The fourth-order valence-corrected chi connectivity index (χ4v) is 0. The molecule has 25 heteroatoms. The maximum absolute atomic E-state index is 8.41. The zero-order valence-electron chi connectivity index (χ0n) is 9.95. The van der Waals surface area contributed by atoms with Crippen molar-refractivity contribution < 1.29 is 169 Å². The second-order valence-corrected chi connectivity index (χ2v) is 3.40. The Morgan fingerprint density at radius 3 is 0.200 bits per heavy atom. The largest absolute Gasteiger partial charge is 0.357 e. The van der Waals surface area contributed by atoms with Crippen LogP contribution in [-0.2, 0) is 20.1 Å². The predicted octanol–water partition coefficient (Wildman–Crippen LogP) is -21.4. The molecule has 0 spiro atoms. The van der Waals surface area contributed by atoms with Crippen molar-refractivity contribution in [3.63, 3.8) is 0 Å². The van der Waals surface area contributed by atoms with E-state index < -0.39 is 64.7 Å². The Kier molecular flexibility index (Phi) is 73.4. The van der Waals surface area contributed by atoms with Crippen LogP contribution < -0.4 is 83.9 Å². The fourth-order valence-electron chi connectivity index (χ4n) is 0. The quantitative estimate of drug-likeness (QED) is 0.227. The monoisotopic (exact) mass is 691 g/mol. The third-order valence-electron chi connectivity index (χ3n) is 0. The molecule has 0 unspecified atom stereocenters. The van der Waals surface area contributed by atoms with E-state index in [9.17, 15) is 0 Å². The van der Waals surface area contributed by atoms with Gasteiger partial charge in [-0.2, -0.15) is 0 Å². The summed E-state index contributed by atoms with van der Waals surface area (Å²) >= 11 is 0. The first-order valence-corrected chi connectivity index (χ1v) is 8.33. The van der Waals surface area contributed by atoms with Gasteiger partial charge in [-0.25, -0.2) is 0 Å². The van der Waals surface area contributed by atoms with E-state index >= 15 is 0 Å². The summed E-state index contributed by atoms with van der Waals surface area (Å²) < 4.78 is 151. The Bertz CT molecular complexity index is 101. The normalized spacial score (nSPS) is 8.64. The average molecular weight is 693 g/mol. The Balaban J connectivity index is -0.0000000309. The molecular weight excluding hydrogens is 693 g/mol. The van der Waals surface area contributed by atoms with Crippen LogP contribution in [0.1, 0.15) is 0 Å². The van der Waals surface area contributed by atoms with Gasteiger partial charge < -0.3 is 83.9 Å². The SMILES string of the molecule is [Ir].[O-][Cl+2]([O-])[O-].[O-][Cl+2]([O-])[O-].[O-][Cl+2]([O-])[O-].[O-][Cl+2]([O-])[O-].[O-][Cl+2]([O-])[O-].[O-][Cl+2]([O-])[O-]. The van der Waals surface area contributed by atoms with Crippen molar-refractivity contribution in [3.05, 3.63) is 0 Å². The van der Waals surface area contributed by atoms with E-state index in [0.29, 0.717) is 0 Å². The van der Waals surface area contributed by atoms with Gasteiger partial charge in [-0.15, -0.1) is 0 Å². The summed E-state index contributed by atoms with van der Waals surface area (Å²) in [5, 5.41) is 0. The van der Waals surface area contributed by atoms with Gasteiger partial charge in [0.1, 0.15) is 0 Å². The minimum atomic E-state index is -2.85. The predicted molar refractivity (Wildman–Crippen MR) is 0 cm³/mol. The van der Waals surface area contributed by atoms with Gasteiger partial charge in [-0.1, -0.05) is 0 Å². The Morgan fingerprint density at radius 1 is 0.200 bits per heavy atom. The van der Waals surface area contributed by atoms with Crippen LogP contribution in [0.15, 0.2) is 0 Å². The number of hydrogen-bond acceptors (Lipinski definition) is 18. The molecule has 0 atom stereocenters. The molecule has 0 saturated carbocycles. The van der Waals surface area contributed by atoms with Gasteiger partial charge in [0.25, 0.3) is 0 Å². The topological polar surface area (TPSA) is 415 Å². The summed E-state index contributed by atoms with van der Waals surface area (Å²) in [6.07, 6.45) is 0. The first kappa shape index (κ1) is 45.4. The first-order chi connectivity index (χ1) is 10.4. The molecule has 0 aliphatic heterocycles. The van der Waals surface area contributed by atoms with Gasteiger partial charge in [0, 0.05) is 20.1 Å². The Labute approximate surface area is 168 Å². The molecule has 0 amide bonds. The fraction of sp³-hybridized carbons (Fsp3) is 0. The van der Waals surface area contributed by atoms with E-state index in [1.165, 1.54) is 0 Å². The van der Waals surface area contributed by atoms with Crippen LogP contribution >= 0.6 is 0 Å². The Morgan fingerprint density at radius 2 is 0.200 bits per heavy atom. The van der Waals surface area contributed by atoms with Crippen LogP contribution in [0, 0.1) is 64.7 Å². The zero-order chi connectivity index (χ0) is 21.5. The maximum Gasteiger partial charge on any atom is 0.0695 e. The van der Waals surface area contributed by atoms with Crippen LogP contribution in [0.25, 0.3) is 0 Å². The molecule has 0 bridgehead atoms. The smallest absolute Gasteiger partial charge is 0.0695 e. The van der Waals surface area contributed by atoms with E-state index in [1.807, 2.05) is 0 Å². The summed E-state index contributed by atoms with van der Waals surface area (Å²) in [7, 11) is -17.1. The van der Waals surface area contributed by atoms with E-state index in [1.54, 1.807) is 0 Å². The van der Waals surface area contributed by atoms with Gasteiger partial charge >= 0.3 is 0 Å². The molecule has 0 aliphatic rings. The van der Waals surface area contributed by atoms with Crippen molar-refractivity contribution in [1.82, 2.24) is 0 Å². The van der Waals surface area contributed by atoms with Crippen molar-refractivity contribution in [2.45, 2.75) is 0 Å². The molecular formula is Cl6IrO18-6. The minimum absolute atomic E-state index is 0.